The summed E-state index contributed by atoms with van der Waals surface area (Å²) in [6, 6.07) is 27.2. The van der Waals surface area contributed by atoms with Gasteiger partial charge in [-0.3, -0.25) is 4.79 Å². The van der Waals surface area contributed by atoms with E-state index in [0.717, 1.165) is 11.3 Å². The van der Waals surface area contributed by atoms with Gasteiger partial charge in [-0.25, -0.2) is 9.48 Å². The van der Waals surface area contributed by atoms with Crippen LogP contribution in [0.2, 0.25) is 15.1 Å². The molecule has 0 fully saturated rings. The molecule has 6 aromatic rings. The van der Waals surface area contributed by atoms with Crippen molar-refractivity contribution >= 4 is 51.7 Å². The largest absolute Gasteiger partial charge is 0.507 e. The zero-order chi connectivity index (χ0) is 30.8. The summed E-state index contributed by atoms with van der Waals surface area (Å²) >= 11 is 18.4. The Balaban J connectivity index is 1.18. The molecule has 0 saturated heterocycles. The van der Waals surface area contributed by atoms with E-state index in [1.165, 1.54) is 18.2 Å². The Morgan fingerprint density at radius 1 is 0.864 bits per heavy atom. The summed E-state index contributed by atoms with van der Waals surface area (Å²) in [5, 5.41) is 16.5. The van der Waals surface area contributed by atoms with Crippen molar-refractivity contribution in [1.29, 1.82) is 0 Å². The highest BCUT2D eigenvalue weighted by Gasteiger charge is 2.17. The molecule has 4 aromatic carbocycles. The molecule has 2 heterocycles. The lowest BCUT2D eigenvalue weighted by atomic mass is 10.1. The molecular formula is C33H21Cl3N2O6. The number of ether oxygens (including phenoxy) is 2. The van der Waals surface area contributed by atoms with Crippen LogP contribution in [-0.2, 0) is 16.1 Å². The van der Waals surface area contributed by atoms with Crippen molar-refractivity contribution in [2.75, 3.05) is 6.61 Å². The SMILES string of the molecule is O=C(COc1cc(O)c2c(=O)cc(-c3ccccc3)oc2c1)OCc1cc(-c2ccc(Cl)c(Cl)c2)n(-c2ccc(Cl)cc2)n1. The maximum Gasteiger partial charge on any atom is 0.344 e. The van der Waals surface area contributed by atoms with Gasteiger partial charge in [0.05, 0.1) is 21.4 Å². The van der Waals surface area contributed by atoms with Crippen LogP contribution in [0.1, 0.15) is 5.69 Å². The van der Waals surface area contributed by atoms with E-state index in [-0.39, 0.29) is 29.1 Å². The summed E-state index contributed by atoms with van der Waals surface area (Å²) in [4.78, 5) is 25.3. The lowest BCUT2D eigenvalue weighted by molar-refractivity contribution is -0.147. The molecule has 8 nitrogen and oxygen atoms in total. The van der Waals surface area contributed by atoms with Gasteiger partial charge in [0, 0.05) is 34.3 Å². The summed E-state index contributed by atoms with van der Waals surface area (Å²) in [7, 11) is 0. The minimum atomic E-state index is -0.679. The minimum absolute atomic E-state index is 0.00802. The molecule has 0 radical (unpaired) electrons. The molecule has 0 spiro atoms. The lowest BCUT2D eigenvalue weighted by Crippen LogP contribution is -2.15. The summed E-state index contributed by atoms with van der Waals surface area (Å²) in [5.41, 5.74) is 3.04. The predicted molar refractivity (Wildman–Crippen MR) is 169 cm³/mol. The number of hydrogen-bond acceptors (Lipinski definition) is 7. The quantitative estimate of drug-likeness (QED) is 0.167. The standard InChI is InChI=1S/C33H21Cl3N2O6/c34-21-7-9-23(10-8-21)38-27(20-6-11-25(35)26(36)12-20)13-22(37-38)17-43-32(41)18-42-24-14-28(39)33-29(40)16-30(44-31(33)15-24)19-4-2-1-3-5-19/h1-16,39H,17-18H2. The van der Waals surface area contributed by atoms with Crippen LogP contribution in [0.25, 0.3) is 39.2 Å². The molecule has 0 atom stereocenters. The van der Waals surface area contributed by atoms with Crippen LogP contribution < -0.4 is 10.2 Å². The van der Waals surface area contributed by atoms with Crippen molar-refractivity contribution in [3.63, 3.8) is 0 Å². The number of esters is 1. The van der Waals surface area contributed by atoms with Gasteiger partial charge in [0.1, 0.15) is 40.5 Å². The van der Waals surface area contributed by atoms with Gasteiger partial charge in [0.2, 0.25) is 0 Å². The Hall–Kier alpha value is -4.76. The number of aromatic nitrogens is 2. The number of fused-ring (bicyclic) bond motifs is 1. The third-order valence-corrected chi connectivity index (χ3v) is 7.62. The number of phenolic OH excluding ortho intramolecular Hbond substituents is 1. The number of carbonyl (C=O) groups excluding carboxylic acids is 1. The Morgan fingerprint density at radius 2 is 1.64 bits per heavy atom. The number of hydrogen-bond donors (Lipinski definition) is 1. The maximum absolute atomic E-state index is 12.7. The Bertz CT molecular complexity index is 2060. The van der Waals surface area contributed by atoms with Gasteiger partial charge in [0.15, 0.2) is 12.0 Å². The Labute approximate surface area is 265 Å². The van der Waals surface area contributed by atoms with Gasteiger partial charge in [-0.1, -0.05) is 71.2 Å². The van der Waals surface area contributed by atoms with Gasteiger partial charge in [-0.05, 0) is 42.5 Å². The molecule has 11 heteroatoms. The molecule has 0 aliphatic carbocycles. The van der Waals surface area contributed by atoms with Gasteiger partial charge < -0.3 is 19.0 Å². The first kappa shape index (κ1) is 29.3. The second-order valence-corrected chi connectivity index (χ2v) is 10.9. The number of phenols is 1. The third kappa shape index (κ3) is 6.28. The first-order valence-electron chi connectivity index (χ1n) is 13.2. The van der Waals surface area contributed by atoms with Gasteiger partial charge in [-0.15, -0.1) is 0 Å². The van der Waals surface area contributed by atoms with Crippen molar-refractivity contribution in [1.82, 2.24) is 9.78 Å². The van der Waals surface area contributed by atoms with E-state index in [0.29, 0.717) is 37.8 Å². The van der Waals surface area contributed by atoms with Gasteiger partial charge >= 0.3 is 5.97 Å². The van der Waals surface area contributed by atoms with Crippen LogP contribution in [0.5, 0.6) is 11.5 Å². The van der Waals surface area contributed by atoms with Crippen LogP contribution >= 0.6 is 34.8 Å². The normalized spacial score (nSPS) is 11.1. The molecule has 0 bridgehead atoms. The number of rotatable bonds is 8. The number of aromatic hydroxyl groups is 1. The topological polar surface area (TPSA) is 104 Å². The second kappa shape index (κ2) is 12.5. The van der Waals surface area contributed by atoms with Gasteiger partial charge in [-0.2, -0.15) is 5.10 Å². The summed E-state index contributed by atoms with van der Waals surface area (Å²) < 4.78 is 18.6. The highest BCUT2D eigenvalue weighted by Crippen LogP contribution is 2.32. The number of nitrogens with zero attached hydrogens (tertiary/aromatic N) is 2. The molecule has 44 heavy (non-hydrogen) atoms. The van der Waals surface area contributed by atoms with E-state index in [1.54, 1.807) is 47.1 Å². The first-order valence-corrected chi connectivity index (χ1v) is 14.3. The van der Waals surface area contributed by atoms with Crippen molar-refractivity contribution in [3.05, 3.63) is 128 Å². The van der Waals surface area contributed by atoms with Crippen LogP contribution in [0.4, 0.5) is 0 Å². The van der Waals surface area contributed by atoms with Crippen LogP contribution in [0, 0.1) is 0 Å². The minimum Gasteiger partial charge on any atom is -0.507 e. The Kier molecular flexibility index (Phi) is 8.30. The molecule has 0 amide bonds. The smallest absolute Gasteiger partial charge is 0.344 e. The van der Waals surface area contributed by atoms with Crippen molar-refractivity contribution in [3.8, 4) is 39.8 Å². The van der Waals surface area contributed by atoms with Crippen LogP contribution in [0.3, 0.4) is 0 Å². The maximum atomic E-state index is 12.7. The first-order chi connectivity index (χ1) is 21.2. The average Bonchev–Trinajstić information content (AvgIpc) is 3.45. The summed E-state index contributed by atoms with van der Waals surface area (Å²) in [6.07, 6.45) is 0. The molecule has 1 N–H and O–H groups in total. The van der Waals surface area contributed by atoms with Gasteiger partial charge in [0.25, 0.3) is 0 Å². The van der Waals surface area contributed by atoms with Crippen LogP contribution in [0.15, 0.2) is 106 Å². The van der Waals surface area contributed by atoms with Crippen molar-refractivity contribution < 1.29 is 23.8 Å². The van der Waals surface area contributed by atoms with E-state index < -0.39 is 18.0 Å². The fourth-order valence-corrected chi connectivity index (χ4v) is 4.97. The molecule has 0 unspecified atom stereocenters. The van der Waals surface area contributed by atoms with E-state index >= 15 is 0 Å². The molecule has 0 saturated carbocycles. The fraction of sp³-hybridized carbons (Fsp3) is 0.0606. The lowest BCUT2D eigenvalue weighted by Gasteiger charge is -2.09. The van der Waals surface area contributed by atoms with Crippen molar-refractivity contribution in [2.45, 2.75) is 6.61 Å². The van der Waals surface area contributed by atoms with Crippen molar-refractivity contribution in [2.24, 2.45) is 0 Å². The van der Waals surface area contributed by atoms with E-state index in [9.17, 15) is 14.7 Å². The monoisotopic (exact) mass is 646 g/mol. The molecule has 6 rings (SSSR count). The second-order valence-electron chi connectivity index (χ2n) is 9.64. The zero-order valence-electron chi connectivity index (χ0n) is 22.7. The number of carbonyl (C=O) groups is 1. The molecule has 2 aromatic heterocycles. The summed E-state index contributed by atoms with van der Waals surface area (Å²) in [5.74, 6) is -0.561. The zero-order valence-corrected chi connectivity index (χ0v) is 24.9. The molecular weight excluding hydrogens is 627 g/mol. The Morgan fingerprint density at radius 3 is 2.39 bits per heavy atom. The number of benzene rings is 4. The average molecular weight is 648 g/mol. The highest BCUT2D eigenvalue weighted by molar-refractivity contribution is 6.42. The van der Waals surface area contributed by atoms with Crippen LogP contribution in [-0.4, -0.2) is 27.5 Å². The molecule has 0 aliphatic heterocycles. The third-order valence-electron chi connectivity index (χ3n) is 6.63. The van der Waals surface area contributed by atoms with E-state index in [4.69, 9.17) is 48.7 Å². The molecule has 0 aliphatic rings. The predicted octanol–water partition coefficient (Wildman–Crippen LogP) is 8.10. The highest BCUT2D eigenvalue weighted by atomic mass is 35.5. The van der Waals surface area contributed by atoms with E-state index in [2.05, 4.69) is 5.10 Å². The summed E-state index contributed by atoms with van der Waals surface area (Å²) in [6.45, 7) is -0.611. The molecule has 220 valence electrons. The number of halogens is 3. The van der Waals surface area contributed by atoms with E-state index in [1.807, 2.05) is 36.4 Å². The fourth-order valence-electron chi connectivity index (χ4n) is 4.55.